The summed E-state index contributed by atoms with van der Waals surface area (Å²) in [5.41, 5.74) is 0. The largest absolute Gasteiger partial charge is 2.00 e. The normalized spacial score (nSPS) is 0. The summed E-state index contributed by atoms with van der Waals surface area (Å²) in [6.07, 6.45) is 0. The number of rotatable bonds is 0. The molecule has 0 atom stereocenters. The molecule has 0 radical (unpaired) electrons. The van der Waals surface area contributed by atoms with Gasteiger partial charge in [0.2, 0.25) is 0 Å². The molecule has 0 rings (SSSR count). The molecule has 6 heteroatoms. The van der Waals surface area contributed by atoms with Crippen LogP contribution in [0, 0.1) is 0 Å². The minimum absolute atomic E-state index is 0. The van der Waals surface area contributed by atoms with Gasteiger partial charge in [-0.1, -0.05) is 0 Å². The van der Waals surface area contributed by atoms with Gasteiger partial charge in [-0.25, -0.2) is 0 Å². The predicted molar refractivity (Wildman–Crippen MR) is 2.06 cm³/mol. The van der Waals surface area contributed by atoms with Gasteiger partial charge in [-0.05, 0) is 0 Å². The molecule has 36 valence electrons. The average Bonchev–Trinajstić information content (AvgIpc) is 0. The quantitative estimate of drug-likeness (QED) is 0.504. The van der Waals surface area contributed by atoms with Crippen molar-refractivity contribution >= 4 is 0 Å². The zero-order valence-electron chi connectivity index (χ0n) is 2.64. The molecular formula is Fe2O3Zn. The zero-order valence-corrected chi connectivity index (χ0v) is 7.81. The van der Waals surface area contributed by atoms with E-state index in [1.807, 2.05) is 0 Å². The Bertz CT molecular complexity index is 8.75. The van der Waals surface area contributed by atoms with Gasteiger partial charge < -0.3 is 16.4 Å². The van der Waals surface area contributed by atoms with Crippen LogP contribution >= 0.6 is 0 Å². The van der Waals surface area contributed by atoms with Crippen molar-refractivity contribution in [1.29, 1.82) is 0 Å². The molecule has 0 unspecified atom stereocenters. The van der Waals surface area contributed by atoms with E-state index < -0.39 is 0 Å². The summed E-state index contributed by atoms with van der Waals surface area (Å²) in [6, 6.07) is 0. The van der Waals surface area contributed by atoms with Crippen LogP contribution in [-0.2, 0) is 70.0 Å². The fraction of sp³-hybridized carbons (Fsp3) is 0. The van der Waals surface area contributed by atoms with Gasteiger partial charge in [-0.2, -0.15) is 0 Å². The molecule has 0 spiro atoms. The topological polar surface area (TPSA) is 85.5 Å². The third-order valence-corrected chi connectivity index (χ3v) is 0. The Morgan fingerprint density at radius 2 is 0.500 bits per heavy atom. The molecule has 0 aromatic carbocycles. The maximum absolute atomic E-state index is 0. The molecular weight excluding hydrogens is 225 g/mol. The van der Waals surface area contributed by atoms with Crippen molar-refractivity contribution in [2.75, 3.05) is 0 Å². The van der Waals surface area contributed by atoms with E-state index in [0.717, 1.165) is 0 Å². The van der Waals surface area contributed by atoms with Crippen molar-refractivity contribution in [3.05, 3.63) is 0 Å². The first-order valence-electron chi connectivity index (χ1n) is 0. The van der Waals surface area contributed by atoms with Gasteiger partial charge in [0, 0.05) is 0 Å². The van der Waals surface area contributed by atoms with Gasteiger partial charge in [0.1, 0.15) is 0 Å². The van der Waals surface area contributed by atoms with E-state index in [9.17, 15) is 0 Å². The van der Waals surface area contributed by atoms with E-state index in [0.29, 0.717) is 0 Å². The summed E-state index contributed by atoms with van der Waals surface area (Å²) in [5, 5.41) is 0. The molecule has 0 aliphatic heterocycles. The van der Waals surface area contributed by atoms with Crippen LogP contribution in [0.2, 0.25) is 0 Å². The molecule has 0 aromatic heterocycles. The van der Waals surface area contributed by atoms with Crippen LogP contribution < -0.4 is 0 Å². The minimum atomic E-state index is 0. The molecule has 6 heavy (non-hydrogen) atoms. The number of hydrogen-bond acceptors (Lipinski definition) is 0. The first kappa shape index (κ1) is 136. The van der Waals surface area contributed by atoms with Crippen molar-refractivity contribution in [2.24, 2.45) is 0 Å². The van der Waals surface area contributed by atoms with Gasteiger partial charge in [-0.3, -0.25) is 0 Å². The van der Waals surface area contributed by atoms with Crippen molar-refractivity contribution in [2.45, 2.75) is 0 Å². The third kappa shape index (κ3) is 48.1. The Labute approximate surface area is 69.9 Å². The second kappa shape index (κ2) is 84.5. The molecule has 0 aliphatic rings. The van der Waals surface area contributed by atoms with Gasteiger partial charge in [-0.15, -0.1) is 0 Å². The Morgan fingerprint density at radius 3 is 0.500 bits per heavy atom. The SMILES string of the molecule is [Fe+2].[Fe+2].[O-2].[O-2].[O-2].[Zn+2]. The Morgan fingerprint density at radius 1 is 0.500 bits per heavy atom. The molecule has 0 saturated heterocycles. The summed E-state index contributed by atoms with van der Waals surface area (Å²) in [6.45, 7) is 0. The van der Waals surface area contributed by atoms with Gasteiger partial charge in [0.25, 0.3) is 0 Å². The van der Waals surface area contributed by atoms with Crippen LogP contribution in [0.4, 0.5) is 0 Å². The smallest absolute Gasteiger partial charge is 2.00 e. The average molecular weight is 225 g/mol. The summed E-state index contributed by atoms with van der Waals surface area (Å²) >= 11 is 0. The van der Waals surface area contributed by atoms with Crippen LogP contribution in [0.3, 0.4) is 0 Å². The van der Waals surface area contributed by atoms with Crippen molar-refractivity contribution < 1.29 is 70.0 Å². The van der Waals surface area contributed by atoms with E-state index in [-0.39, 0.29) is 70.0 Å². The molecule has 0 saturated carbocycles. The molecule has 0 amide bonds. The molecule has 0 aromatic rings. The summed E-state index contributed by atoms with van der Waals surface area (Å²) < 4.78 is 0. The van der Waals surface area contributed by atoms with Gasteiger partial charge in [0.15, 0.2) is 0 Å². The molecule has 0 fully saturated rings. The number of hydrogen-bond donors (Lipinski definition) is 0. The third-order valence-electron chi connectivity index (χ3n) is 0. The maximum Gasteiger partial charge on any atom is 2.00 e. The monoisotopic (exact) mass is 224 g/mol. The van der Waals surface area contributed by atoms with Crippen LogP contribution in [0.5, 0.6) is 0 Å². The van der Waals surface area contributed by atoms with Crippen LogP contribution in [0.15, 0.2) is 0 Å². The standard InChI is InChI=1S/2Fe.3O.Zn/q2*+2;3*-2;+2. The molecule has 3 nitrogen and oxygen atoms in total. The second-order valence-corrected chi connectivity index (χ2v) is 0. The van der Waals surface area contributed by atoms with E-state index in [2.05, 4.69) is 0 Å². The van der Waals surface area contributed by atoms with Crippen molar-refractivity contribution in [3.63, 3.8) is 0 Å². The van der Waals surface area contributed by atoms with Crippen molar-refractivity contribution in [3.8, 4) is 0 Å². The fourth-order valence-electron chi connectivity index (χ4n) is 0. The molecule has 0 bridgehead atoms. The Hall–Kier alpha value is 1.54. The van der Waals surface area contributed by atoms with Gasteiger partial charge in [0.05, 0.1) is 0 Å². The van der Waals surface area contributed by atoms with Crippen LogP contribution in [0.1, 0.15) is 0 Å². The maximum atomic E-state index is 0. The predicted octanol–water partition coefficient (Wildman–Crippen LogP) is -0.364. The Balaban J connectivity index is 0. The van der Waals surface area contributed by atoms with E-state index >= 15 is 0 Å². The Kier molecular flexibility index (Phi) is 1910. The zero-order chi connectivity index (χ0) is 0. The molecule has 0 heterocycles. The first-order chi connectivity index (χ1) is 0. The molecule has 0 aliphatic carbocycles. The fourth-order valence-corrected chi connectivity index (χ4v) is 0. The van der Waals surface area contributed by atoms with Gasteiger partial charge >= 0.3 is 53.6 Å². The van der Waals surface area contributed by atoms with Crippen molar-refractivity contribution in [1.82, 2.24) is 0 Å². The second-order valence-electron chi connectivity index (χ2n) is 0. The van der Waals surface area contributed by atoms with E-state index in [4.69, 9.17) is 0 Å². The van der Waals surface area contributed by atoms with E-state index in [1.165, 1.54) is 0 Å². The van der Waals surface area contributed by atoms with Crippen LogP contribution in [-0.4, -0.2) is 0 Å². The van der Waals surface area contributed by atoms with Crippen LogP contribution in [0.25, 0.3) is 0 Å². The summed E-state index contributed by atoms with van der Waals surface area (Å²) in [4.78, 5) is 0. The minimum Gasteiger partial charge on any atom is -2.00 e. The molecule has 0 N–H and O–H groups in total. The summed E-state index contributed by atoms with van der Waals surface area (Å²) in [5.74, 6) is 0. The summed E-state index contributed by atoms with van der Waals surface area (Å²) in [7, 11) is 0. The van der Waals surface area contributed by atoms with E-state index in [1.54, 1.807) is 0 Å². The first-order valence-corrected chi connectivity index (χ1v) is 0.